The average Bonchev–Trinajstić information content (AvgIpc) is 3.01. The Bertz CT molecular complexity index is 744. The summed E-state index contributed by atoms with van der Waals surface area (Å²) >= 11 is 6.53. The highest BCUT2D eigenvalue weighted by Gasteiger charge is 2.20. The van der Waals surface area contributed by atoms with Gasteiger partial charge in [-0.3, -0.25) is 0 Å². The number of aryl methyl sites for hydroxylation is 1. The lowest BCUT2D eigenvalue weighted by molar-refractivity contribution is 0.00302. The summed E-state index contributed by atoms with van der Waals surface area (Å²) < 4.78 is 5.55. The van der Waals surface area contributed by atoms with Crippen LogP contribution in [0.5, 0.6) is 0 Å². The molecule has 8 heteroatoms. The van der Waals surface area contributed by atoms with Gasteiger partial charge in [0.25, 0.3) is 0 Å². The molecule has 1 fully saturated rings. The molecule has 1 aromatic heterocycles. The number of nitrogens with one attached hydrogen (secondary N) is 2. The van der Waals surface area contributed by atoms with Gasteiger partial charge in [-0.25, -0.2) is 4.98 Å². The van der Waals surface area contributed by atoms with Gasteiger partial charge >= 0.3 is 0 Å². The first-order chi connectivity index (χ1) is 12.4. The lowest BCUT2D eigenvalue weighted by atomic mass is 9.91. The highest BCUT2D eigenvalue weighted by atomic mass is 35.5. The molecule has 2 aromatic rings. The van der Waals surface area contributed by atoms with Crippen molar-refractivity contribution in [2.75, 3.05) is 38.2 Å². The van der Waals surface area contributed by atoms with E-state index in [9.17, 15) is 0 Å². The predicted octanol–water partition coefficient (Wildman–Crippen LogP) is 4.85. The van der Waals surface area contributed by atoms with E-state index in [0.717, 1.165) is 73.0 Å². The Hall–Kier alpha value is -0.720. The normalized spacial score (nSPS) is 15.8. The third-order valence-corrected chi connectivity index (χ3v) is 5.63. The predicted molar refractivity (Wildman–Crippen MR) is 124 cm³/mol. The third-order valence-electron chi connectivity index (χ3n) is 5.32. The number of benzene rings is 1. The van der Waals surface area contributed by atoms with Crippen LogP contribution in [-0.2, 0) is 11.2 Å². The fourth-order valence-corrected chi connectivity index (χ4v) is 4.02. The molecule has 1 aliphatic rings. The largest absolute Gasteiger partial charge is 0.379 e. The molecule has 28 heavy (non-hydrogen) atoms. The SMILES string of the molecule is COC(C)(C)CC(C)CCc1nc2cc(Cl)c(N3CCNCC3)cc2[nH]1.Cl.Cl. The molecule has 0 aliphatic carbocycles. The Kier molecular flexibility index (Phi) is 9.84. The number of hydrogen-bond acceptors (Lipinski definition) is 4. The van der Waals surface area contributed by atoms with Gasteiger partial charge < -0.3 is 19.9 Å². The number of halogens is 3. The number of rotatable bonds is 7. The molecule has 0 spiro atoms. The monoisotopic (exact) mass is 450 g/mol. The topological polar surface area (TPSA) is 53.2 Å². The molecule has 3 rings (SSSR count). The number of H-pyrrole nitrogens is 1. The van der Waals surface area contributed by atoms with E-state index in [2.05, 4.69) is 42.0 Å². The summed E-state index contributed by atoms with van der Waals surface area (Å²) in [4.78, 5) is 10.6. The zero-order valence-corrected chi connectivity index (χ0v) is 19.6. The van der Waals surface area contributed by atoms with Gasteiger partial charge in [0.15, 0.2) is 0 Å². The van der Waals surface area contributed by atoms with E-state index in [1.165, 1.54) is 0 Å². The van der Waals surface area contributed by atoms with Gasteiger partial charge in [-0.1, -0.05) is 18.5 Å². The number of fused-ring (bicyclic) bond motifs is 1. The van der Waals surface area contributed by atoms with Crippen LogP contribution in [0.15, 0.2) is 12.1 Å². The Labute approximate surface area is 185 Å². The molecule has 1 aromatic carbocycles. The van der Waals surface area contributed by atoms with Crippen molar-refractivity contribution in [3.8, 4) is 0 Å². The molecule has 2 N–H and O–H groups in total. The van der Waals surface area contributed by atoms with Crippen LogP contribution in [-0.4, -0.2) is 48.9 Å². The number of anilines is 1. The van der Waals surface area contributed by atoms with Gasteiger partial charge in [0.05, 0.1) is 27.3 Å². The van der Waals surface area contributed by atoms with Crippen molar-refractivity contribution in [2.45, 2.75) is 45.6 Å². The standard InChI is InChI=1S/C20H31ClN4O.2ClH/c1-14(13-20(2,3)26-4)5-6-19-23-16-11-15(21)18(12-17(16)24-19)25-9-7-22-8-10-25;;/h11-12,14,22H,5-10,13H2,1-4H3,(H,23,24);2*1H. The van der Waals surface area contributed by atoms with E-state index in [0.29, 0.717) is 5.92 Å². The second-order valence-corrected chi connectivity index (χ2v) is 8.46. The van der Waals surface area contributed by atoms with Crippen molar-refractivity contribution >= 4 is 53.1 Å². The molecular formula is C20H33Cl3N4O. The number of aromatic nitrogens is 2. The molecule has 5 nitrogen and oxygen atoms in total. The Balaban J connectivity index is 0.00000196. The summed E-state index contributed by atoms with van der Waals surface area (Å²) in [6.45, 7) is 10.5. The average molecular weight is 452 g/mol. The van der Waals surface area contributed by atoms with Gasteiger partial charge in [-0.15, -0.1) is 24.8 Å². The zero-order chi connectivity index (χ0) is 18.7. The highest BCUT2D eigenvalue weighted by Crippen LogP contribution is 2.31. The second kappa shape index (κ2) is 10.9. The smallest absolute Gasteiger partial charge is 0.107 e. The van der Waals surface area contributed by atoms with Crippen LogP contribution in [0.25, 0.3) is 11.0 Å². The van der Waals surface area contributed by atoms with Crippen LogP contribution in [0, 0.1) is 5.92 Å². The van der Waals surface area contributed by atoms with E-state index in [4.69, 9.17) is 21.3 Å². The number of nitrogens with zero attached hydrogens (tertiary/aromatic N) is 2. The van der Waals surface area contributed by atoms with Gasteiger partial charge in [0.2, 0.25) is 0 Å². The first kappa shape index (κ1) is 25.3. The zero-order valence-electron chi connectivity index (χ0n) is 17.2. The Morgan fingerprint density at radius 1 is 1.25 bits per heavy atom. The van der Waals surface area contributed by atoms with E-state index in [1.54, 1.807) is 7.11 Å². The maximum atomic E-state index is 6.53. The second-order valence-electron chi connectivity index (χ2n) is 8.05. The van der Waals surface area contributed by atoms with Crippen LogP contribution >= 0.6 is 36.4 Å². The lowest BCUT2D eigenvalue weighted by Gasteiger charge is -2.30. The quantitative estimate of drug-likeness (QED) is 0.631. The van der Waals surface area contributed by atoms with Gasteiger partial charge in [0, 0.05) is 39.7 Å². The molecule has 0 saturated carbocycles. The number of hydrogen-bond donors (Lipinski definition) is 2. The minimum atomic E-state index is -0.0704. The third kappa shape index (κ3) is 6.39. The van der Waals surface area contributed by atoms with E-state index >= 15 is 0 Å². The Morgan fingerprint density at radius 2 is 1.93 bits per heavy atom. The molecule has 1 aliphatic heterocycles. The number of ether oxygens (including phenoxy) is 1. The minimum absolute atomic E-state index is 0. The van der Waals surface area contributed by atoms with Crippen molar-refractivity contribution in [3.05, 3.63) is 23.0 Å². The molecule has 0 bridgehead atoms. The molecule has 1 atom stereocenters. The molecule has 1 saturated heterocycles. The van der Waals surface area contributed by atoms with Gasteiger partial charge in [-0.2, -0.15) is 0 Å². The molecule has 0 amide bonds. The summed E-state index contributed by atoms with van der Waals surface area (Å²) in [6.07, 6.45) is 3.07. The van der Waals surface area contributed by atoms with E-state index in [1.807, 2.05) is 6.07 Å². The van der Waals surface area contributed by atoms with E-state index in [-0.39, 0.29) is 30.4 Å². The minimum Gasteiger partial charge on any atom is -0.379 e. The maximum Gasteiger partial charge on any atom is 0.107 e. The number of aromatic amines is 1. The van der Waals surface area contributed by atoms with Crippen LogP contribution in [0.3, 0.4) is 0 Å². The maximum absolute atomic E-state index is 6.53. The van der Waals surface area contributed by atoms with Crippen molar-refractivity contribution in [1.29, 1.82) is 0 Å². The van der Waals surface area contributed by atoms with Crippen LogP contribution in [0.1, 0.15) is 39.4 Å². The van der Waals surface area contributed by atoms with Crippen LogP contribution < -0.4 is 10.2 Å². The number of imidazole rings is 1. The summed E-state index contributed by atoms with van der Waals surface area (Å²) in [5, 5.41) is 4.16. The summed E-state index contributed by atoms with van der Waals surface area (Å²) in [6, 6.07) is 4.14. The summed E-state index contributed by atoms with van der Waals surface area (Å²) in [5.41, 5.74) is 3.06. The Morgan fingerprint density at radius 3 is 2.57 bits per heavy atom. The number of piperazine rings is 1. The van der Waals surface area contributed by atoms with Crippen molar-refractivity contribution in [3.63, 3.8) is 0 Å². The highest BCUT2D eigenvalue weighted by molar-refractivity contribution is 6.34. The fourth-order valence-electron chi connectivity index (χ4n) is 3.75. The van der Waals surface area contributed by atoms with E-state index < -0.39 is 0 Å². The van der Waals surface area contributed by atoms with Crippen molar-refractivity contribution in [2.24, 2.45) is 5.92 Å². The van der Waals surface area contributed by atoms with Gasteiger partial charge in [-0.05, 0) is 44.7 Å². The summed E-state index contributed by atoms with van der Waals surface area (Å²) in [7, 11) is 1.78. The molecular weight excluding hydrogens is 419 g/mol. The van der Waals surface area contributed by atoms with Crippen molar-refractivity contribution in [1.82, 2.24) is 15.3 Å². The van der Waals surface area contributed by atoms with Gasteiger partial charge in [0.1, 0.15) is 5.82 Å². The molecule has 1 unspecified atom stereocenters. The molecule has 0 radical (unpaired) electrons. The summed E-state index contributed by atoms with van der Waals surface area (Å²) in [5.74, 6) is 1.62. The fraction of sp³-hybridized carbons (Fsp3) is 0.650. The van der Waals surface area contributed by atoms with Crippen molar-refractivity contribution < 1.29 is 4.74 Å². The first-order valence-corrected chi connectivity index (χ1v) is 9.95. The first-order valence-electron chi connectivity index (χ1n) is 9.57. The molecule has 2 heterocycles. The molecule has 160 valence electrons. The van der Waals surface area contributed by atoms with Crippen LogP contribution in [0.2, 0.25) is 5.02 Å². The van der Waals surface area contributed by atoms with Crippen LogP contribution in [0.4, 0.5) is 5.69 Å². The number of methoxy groups -OCH3 is 1. The lowest BCUT2D eigenvalue weighted by Crippen LogP contribution is -2.43.